The van der Waals surface area contributed by atoms with Gasteiger partial charge in [0.25, 0.3) is 5.91 Å². The Kier molecular flexibility index (Phi) is 5.06. The maximum absolute atomic E-state index is 12.9. The summed E-state index contributed by atoms with van der Waals surface area (Å²) in [4.78, 5) is 23.5. The van der Waals surface area contributed by atoms with E-state index < -0.39 is 0 Å². The summed E-state index contributed by atoms with van der Waals surface area (Å²) in [6, 6.07) is 16.2. The number of anilines is 1. The number of nitrogen functional groups attached to an aromatic ring is 1. The molecule has 28 heavy (non-hydrogen) atoms. The van der Waals surface area contributed by atoms with Gasteiger partial charge in [-0.2, -0.15) is 0 Å². The first-order chi connectivity index (χ1) is 13.6. The SMILES string of the molecule is Cc1ccc(Cc2ccc([C@H]3CCCN3C(=O)c3ccc(N)nc3)nc2)cc1. The number of likely N-dealkylation sites (tertiary alicyclic amines) is 1. The minimum Gasteiger partial charge on any atom is -0.384 e. The predicted molar refractivity (Wildman–Crippen MR) is 110 cm³/mol. The molecule has 3 aromatic rings. The number of amides is 1. The molecule has 0 aliphatic carbocycles. The third-order valence-electron chi connectivity index (χ3n) is 5.26. The van der Waals surface area contributed by atoms with Gasteiger partial charge in [-0.3, -0.25) is 9.78 Å². The molecule has 1 saturated heterocycles. The Morgan fingerprint density at radius 3 is 2.50 bits per heavy atom. The molecule has 2 N–H and O–H groups in total. The first-order valence-electron chi connectivity index (χ1n) is 9.63. The number of rotatable bonds is 4. The average Bonchev–Trinajstić information content (AvgIpc) is 3.20. The fourth-order valence-electron chi connectivity index (χ4n) is 3.69. The molecule has 0 radical (unpaired) electrons. The Morgan fingerprint density at radius 1 is 1.04 bits per heavy atom. The number of carbonyl (C=O) groups is 1. The Labute approximate surface area is 165 Å². The van der Waals surface area contributed by atoms with E-state index in [0.717, 1.165) is 31.5 Å². The topological polar surface area (TPSA) is 72.1 Å². The van der Waals surface area contributed by atoms with E-state index in [1.54, 1.807) is 18.3 Å². The van der Waals surface area contributed by atoms with Crippen LogP contribution in [0.5, 0.6) is 0 Å². The third kappa shape index (κ3) is 3.88. The molecule has 4 rings (SSSR count). The zero-order valence-electron chi connectivity index (χ0n) is 16.0. The van der Waals surface area contributed by atoms with Gasteiger partial charge in [-0.15, -0.1) is 0 Å². The molecule has 3 heterocycles. The van der Waals surface area contributed by atoms with Gasteiger partial charge in [0.05, 0.1) is 17.3 Å². The molecule has 1 aromatic carbocycles. The van der Waals surface area contributed by atoms with Gasteiger partial charge in [-0.1, -0.05) is 35.9 Å². The summed E-state index contributed by atoms with van der Waals surface area (Å²) in [6.45, 7) is 2.83. The quantitative estimate of drug-likeness (QED) is 0.753. The van der Waals surface area contributed by atoms with E-state index in [-0.39, 0.29) is 11.9 Å². The zero-order valence-corrected chi connectivity index (χ0v) is 16.0. The third-order valence-corrected chi connectivity index (χ3v) is 5.26. The molecule has 1 atom stereocenters. The average molecular weight is 372 g/mol. The fraction of sp³-hybridized carbons (Fsp3) is 0.261. The molecule has 1 aliphatic heterocycles. The van der Waals surface area contributed by atoms with Crippen LogP contribution in [0.3, 0.4) is 0 Å². The normalized spacial score (nSPS) is 16.3. The second-order valence-corrected chi connectivity index (χ2v) is 7.38. The van der Waals surface area contributed by atoms with Crippen molar-refractivity contribution in [2.24, 2.45) is 0 Å². The van der Waals surface area contributed by atoms with Gasteiger partial charge < -0.3 is 10.6 Å². The van der Waals surface area contributed by atoms with Crippen molar-refractivity contribution in [2.75, 3.05) is 12.3 Å². The minimum absolute atomic E-state index is 0.0125. The highest BCUT2D eigenvalue weighted by Gasteiger charge is 2.31. The minimum atomic E-state index is -0.0134. The smallest absolute Gasteiger partial charge is 0.255 e. The summed E-state index contributed by atoms with van der Waals surface area (Å²) in [5.41, 5.74) is 10.9. The fourth-order valence-corrected chi connectivity index (χ4v) is 3.69. The van der Waals surface area contributed by atoms with Crippen molar-refractivity contribution in [3.05, 3.63) is 88.9 Å². The highest BCUT2D eigenvalue weighted by molar-refractivity contribution is 5.94. The molecule has 2 aromatic heterocycles. The van der Waals surface area contributed by atoms with Gasteiger partial charge >= 0.3 is 0 Å². The highest BCUT2D eigenvalue weighted by atomic mass is 16.2. The van der Waals surface area contributed by atoms with Crippen LogP contribution in [0.1, 0.15) is 51.6 Å². The van der Waals surface area contributed by atoms with Crippen LogP contribution in [0.4, 0.5) is 5.82 Å². The lowest BCUT2D eigenvalue weighted by Crippen LogP contribution is -2.31. The lowest BCUT2D eigenvalue weighted by molar-refractivity contribution is 0.0732. The van der Waals surface area contributed by atoms with E-state index in [4.69, 9.17) is 5.73 Å². The molecule has 142 valence electrons. The van der Waals surface area contributed by atoms with Gasteiger partial charge in [0.1, 0.15) is 5.82 Å². The standard InChI is InChI=1S/C23H24N4O/c1-16-4-6-17(7-5-16)13-18-8-10-20(25-14-18)21-3-2-12-27(21)23(28)19-9-11-22(24)26-15-19/h4-11,14-15,21H,2-3,12-13H2,1H3,(H2,24,26)/t21-/m1/s1. The summed E-state index contributed by atoms with van der Waals surface area (Å²) >= 11 is 0. The number of carbonyl (C=O) groups excluding carboxylic acids is 1. The lowest BCUT2D eigenvalue weighted by atomic mass is 10.0. The molecule has 1 fully saturated rings. The Morgan fingerprint density at radius 2 is 1.82 bits per heavy atom. The first kappa shape index (κ1) is 18.2. The van der Waals surface area contributed by atoms with E-state index >= 15 is 0 Å². The van der Waals surface area contributed by atoms with Crippen LogP contribution in [-0.2, 0) is 6.42 Å². The highest BCUT2D eigenvalue weighted by Crippen LogP contribution is 2.32. The number of nitrogens with zero attached hydrogens (tertiary/aromatic N) is 3. The number of benzene rings is 1. The molecular formula is C23H24N4O. The van der Waals surface area contributed by atoms with Crippen LogP contribution in [-0.4, -0.2) is 27.3 Å². The molecule has 0 spiro atoms. The molecular weight excluding hydrogens is 348 g/mol. The first-order valence-corrected chi connectivity index (χ1v) is 9.63. The van der Waals surface area contributed by atoms with Crippen LogP contribution in [0.15, 0.2) is 60.9 Å². The second kappa shape index (κ2) is 7.80. The van der Waals surface area contributed by atoms with Crippen LogP contribution in [0.2, 0.25) is 0 Å². The van der Waals surface area contributed by atoms with Gasteiger partial charge in [0.2, 0.25) is 0 Å². The van der Waals surface area contributed by atoms with Gasteiger partial charge in [-0.05, 0) is 55.5 Å². The van der Waals surface area contributed by atoms with E-state index in [2.05, 4.69) is 53.3 Å². The summed E-state index contributed by atoms with van der Waals surface area (Å²) in [6.07, 6.45) is 6.24. The maximum atomic E-state index is 12.9. The van der Waals surface area contributed by atoms with Gasteiger partial charge in [-0.25, -0.2) is 4.98 Å². The van der Waals surface area contributed by atoms with Crippen molar-refractivity contribution in [1.29, 1.82) is 0 Å². The molecule has 0 unspecified atom stereocenters. The molecule has 5 nitrogen and oxygen atoms in total. The summed E-state index contributed by atoms with van der Waals surface area (Å²) in [7, 11) is 0. The predicted octanol–water partition coefficient (Wildman–Crippen LogP) is 3.94. The van der Waals surface area contributed by atoms with Crippen molar-refractivity contribution < 1.29 is 4.79 Å². The second-order valence-electron chi connectivity index (χ2n) is 7.38. The largest absolute Gasteiger partial charge is 0.384 e. The molecule has 1 aliphatic rings. The maximum Gasteiger partial charge on any atom is 0.255 e. The number of aryl methyl sites for hydroxylation is 1. The van der Waals surface area contributed by atoms with E-state index in [1.165, 1.54) is 16.7 Å². The van der Waals surface area contributed by atoms with Gasteiger partial charge in [0, 0.05) is 18.9 Å². The van der Waals surface area contributed by atoms with Crippen LogP contribution in [0, 0.1) is 6.92 Å². The van der Waals surface area contributed by atoms with Crippen LogP contribution in [0.25, 0.3) is 0 Å². The zero-order chi connectivity index (χ0) is 19.5. The summed E-state index contributed by atoms with van der Waals surface area (Å²) in [5.74, 6) is 0.404. The number of nitrogens with two attached hydrogens (primary N) is 1. The van der Waals surface area contributed by atoms with Crippen molar-refractivity contribution in [3.63, 3.8) is 0 Å². The number of hydrogen-bond donors (Lipinski definition) is 1. The number of aromatic nitrogens is 2. The van der Waals surface area contributed by atoms with E-state index in [0.29, 0.717) is 11.4 Å². The summed E-state index contributed by atoms with van der Waals surface area (Å²) in [5, 5.41) is 0. The number of hydrogen-bond acceptors (Lipinski definition) is 4. The molecule has 0 saturated carbocycles. The Hall–Kier alpha value is -3.21. The van der Waals surface area contributed by atoms with Crippen molar-refractivity contribution in [2.45, 2.75) is 32.2 Å². The number of pyridine rings is 2. The van der Waals surface area contributed by atoms with Gasteiger partial charge in [0.15, 0.2) is 0 Å². The van der Waals surface area contributed by atoms with Crippen molar-refractivity contribution >= 4 is 11.7 Å². The van der Waals surface area contributed by atoms with E-state index in [1.807, 2.05) is 11.1 Å². The van der Waals surface area contributed by atoms with E-state index in [9.17, 15) is 4.79 Å². The molecule has 0 bridgehead atoms. The summed E-state index contributed by atoms with van der Waals surface area (Å²) < 4.78 is 0. The Bertz CT molecular complexity index is 949. The van der Waals surface area contributed by atoms with Crippen LogP contribution < -0.4 is 5.73 Å². The lowest BCUT2D eigenvalue weighted by Gasteiger charge is -2.24. The monoisotopic (exact) mass is 372 g/mol. The van der Waals surface area contributed by atoms with Crippen molar-refractivity contribution in [3.8, 4) is 0 Å². The molecule has 1 amide bonds. The molecule has 5 heteroatoms. The van der Waals surface area contributed by atoms with Crippen LogP contribution >= 0.6 is 0 Å². The van der Waals surface area contributed by atoms with Crippen molar-refractivity contribution in [1.82, 2.24) is 14.9 Å². The Balaban J connectivity index is 1.49.